The van der Waals surface area contributed by atoms with Gasteiger partial charge < -0.3 is 20.1 Å². The monoisotopic (exact) mass is 360 g/mol. The second kappa shape index (κ2) is 6.59. The van der Waals surface area contributed by atoms with Gasteiger partial charge in [0.15, 0.2) is 0 Å². The fourth-order valence-corrected chi connectivity index (χ4v) is 3.90. The van der Waals surface area contributed by atoms with Gasteiger partial charge in [-0.05, 0) is 43.0 Å². The predicted octanol–water partition coefficient (Wildman–Crippen LogP) is 2.51. The van der Waals surface area contributed by atoms with E-state index >= 15 is 0 Å². The van der Waals surface area contributed by atoms with E-state index in [1.807, 2.05) is 23.1 Å². The molecule has 132 valence electrons. The molecule has 1 aromatic heterocycles. The Morgan fingerprint density at radius 2 is 1.96 bits per heavy atom. The second-order valence-corrected chi connectivity index (χ2v) is 7.13. The fourth-order valence-electron chi connectivity index (χ4n) is 3.73. The van der Waals surface area contributed by atoms with Crippen LogP contribution in [0.2, 0.25) is 5.02 Å². The number of halogens is 1. The molecule has 1 saturated heterocycles. The summed E-state index contributed by atoms with van der Waals surface area (Å²) in [5.74, 6) is 0.00352. The van der Waals surface area contributed by atoms with E-state index in [4.69, 9.17) is 11.6 Å². The first-order valence-corrected chi connectivity index (χ1v) is 9.09. The molecule has 4 rings (SSSR count). The van der Waals surface area contributed by atoms with Crippen LogP contribution in [-0.2, 0) is 17.8 Å². The molecule has 3 amide bonds. The van der Waals surface area contributed by atoms with Gasteiger partial charge in [-0.15, -0.1) is 0 Å². The van der Waals surface area contributed by atoms with Crippen LogP contribution in [0.25, 0.3) is 10.9 Å². The highest BCUT2D eigenvalue weighted by atomic mass is 35.5. The van der Waals surface area contributed by atoms with Gasteiger partial charge in [-0.2, -0.15) is 0 Å². The van der Waals surface area contributed by atoms with Gasteiger partial charge in [0, 0.05) is 41.3 Å². The number of H-pyrrole nitrogens is 1. The van der Waals surface area contributed by atoms with Crippen LogP contribution < -0.4 is 5.32 Å². The molecule has 0 radical (unpaired) electrons. The maximum absolute atomic E-state index is 12.4. The number of hydrogen-bond donors (Lipinski definition) is 2. The van der Waals surface area contributed by atoms with E-state index in [9.17, 15) is 9.59 Å². The number of amides is 3. The molecule has 2 aliphatic rings. The Labute approximate surface area is 151 Å². The van der Waals surface area contributed by atoms with E-state index in [2.05, 4.69) is 10.3 Å². The first-order valence-electron chi connectivity index (χ1n) is 8.71. The topological polar surface area (TPSA) is 68.4 Å². The second-order valence-electron chi connectivity index (χ2n) is 6.69. The normalized spacial score (nSPS) is 17.0. The highest BCUT2D eigenvalue weighted by Gasteiger charge is 2.25. The van der Waals surface area contributed by atoms with Gasteiger partial charge in [0.05, 0.1) is 13.1 Å². The highest BCUT2D eigenvalue weighted by molar-refractivity contribution is 6.31. The van der Waals surface area contributed by atoms with Crippen molar-refractivity contribution in [3.63, 3.8) is 0 Å². The summed E-state index contributed by atoms with van der Waals surface area (Å²) < 4.78 is 0. The Hall–Kier alpha value is -2.21. The Balaban J connectivity index is 1.40. The lowest BCUT2D eigenvalue weighted by Gasteiger charge is -2.27. The summed E-state index contributed by atoms with van der Waals surface area (Å²) >= 11 is 6.10. The molecule has 6 nitrogen and oxygen atoms in total. The molecule has 3 heterocycles. The number of carbonyl (C=O) groups is 2. The Morgan fingerprint density at radius 3 is 2.76 bits per heavy atom. The number of benzene rings is 1. The quantitative estimate of drug-likeness (QED) is 0.864. The van der Waals surface area contributed by atoms with E-state index < -0.39 is 0 Å². The molecule has 0 atom stereocenters. The number of fused-ring (bicyclic) bond motifs is 3. The third-order valence-electron chi connectivity index (χ3n) is 5.07. The van der Waals surface area contributed by atoms with Crippen molar-refractivity contribution >= 4 is 34.4 Å². The van der Waals surface area contributed by atoms with Gasteiger partial charge in [0.2, 0.25) is 5.91 Å². The molecule has 1 fully saturated rings. The molecule has 2 aliphatic heterocycles. The van der Waals surface area contributed by atoms with Gasteiger partial charge in [0.1, 0.15) is 0 Å². The summed E-state index contributed by atoms with van der Waals surface area (Å²) in [6.07, 6.45) is 2.89. The number of aromatic amines is 1. The van der Waals surface area contributed by atoms with Gasteiger partial charge in [-0.3, -0.25) is 4.79 Å². The maximum Gasteiger partial charge on any atom is 0.318 e. The lowest BCUT2D eigenvalue weighted by molar-refractivity contribution is -0.129. The molecular formula is C18H21ClN4O2. The molecular weight excluding hydrogens is 340 g/mol. The van der Waals surface area contributed by atoms with E-state index in [1.54, 1.807) is 4.90 Å². The number of aromatic nitrogens is 1. The largest absolute Gasteiger partial charge is 0.357 e. The van der Waals surface area contributed by atoms with Gasteiger partial charge in [-0.25, -0.2) is 4.79 Å². The predicted molar refractivity (Wildman–Crippen MR) is 96.6 cm³/mol. The minimum atomic E-state index is -0.185. The minimum Gasteiger partial charge on any atom is -0.357 e. The van der Waals surface area contributed by atoms with E-state index in [0.717, 1.165) is 54.0 Å². The van der Waals surface area contributed by atoms with Crippen LogP contribution in [0.4, 0.5) is 4.79 Å². The van der Waals surface area contributed by atoms with Crippen molar-refractivity contribution in [3.8, 4) is 0 Å². The summed E-state index contributed by atoms with van der Waals surface area (Å²) in [4.78, 5) is 31.4. The van der Waals surface area contributed by atoms with Crippen LogP contribution in [0.5, 0.6) is 0 Å². The Kier molecular flexibility index (Phi) is 4.29. The van der Waals surface area contributed by atoms with Crippen molar-refractivity contribution in [2.75, 3.05) is 26.2 Å². The fraction of sp³-hybridized carbons (Fsp3) is 0.444. The van der Waals surface area contributed by atoms with Crippen LogP contribution in [0.3, 0.4) is 0 Å². The summed E-state index contributed by atoms with van der Waals surface area (Å²) in [5, 5.41) is 4.61. The molecule has 7 heteroatoms. The zero-order valence-electron chi connectivity index (χ0n) is 14.0. The van der Waals surface area contributed by atoms with Crippen molar-refractivity contribution in [2.24, 2.45) is 0 Å². The molecule has 2 N–H and O–H groups in total. The van der Waals surface area contributed by atoms with Gasteiger partial charge in [-0.1, -0.05) is 11.6 Å². The van der Waals surface area contributed by atoms with Crippen molar-refractivity contribution in [3.05, 3.63) is 34.5 Å². The third-order valence-corrected chi connectivity index (χ3v) is 5.31. The van der Waals surface area contributed by atoms with Crippen LogP contribution in [0.1, 0.15) is 24.1 Å². The number of nitrogens with zero attached hydrogens (tertiary/aromatic N) is 2. The summed E-state index contributed by atoms with van der Waals surface area (Å²) in [6, 6.07) is 5.61. The first-order chi connectivity index (χ1) is 12.1. The van der Waals surface area contributed by atoms with Crippen LogP contribution in [0.15, 0.2) is 18.2 Å². The van der Waals surface area contributed by atoms with Crippen LogP contribution >= 0.6 is 11.6 Å². The van der Waals surface area contributed by atoms with Crippen molar-refractivity contribution in [1.82, 2.24) is 20.1 Å². The number of likely N-dealkylation sites (tertiary alicyclic amines) is 1. The average molecular weight is 361 g/mol. The van der Waals surface area contributed by atoms with Crippen LogP contribution in [-0.4, -0.2) is 52.9 Å². The van der Waals surface area contributed by atoms with E-state index in [0.29, 0.717) is 13.1 Å². The molecule has 0 spiro atoms. The summed E-state index contributed by atoms with van der Waals surface area (Å²) in [6.45, 7) is 2.84. The van der Waals surface area contributed by atoms with Gasteiger partial charge >= 0.3 is 6.03 Å². The average Bonchev–Trinajstić information content (AvgIpc) is 3.26. The number of carbonyl (C=O) groups excluding carboxylic acids is 2. The lowest BCUT2D eigenvalue weighted by Crippen LogP contribution is -2.46. The maximum atomic E-state index is 12.4. The number of rotatable bonds is 2. The standard InChI is InChI=1S/C18H21ClN4O2/c19-12-3-4-15-14(9-12)13-5-8-23(11-16(13)21-15)18(25)20-10-17(24)22-6-1-2-7-22/h3-4,9,21H,1-2,5-8,10-11H2,(H,20,25). The molecule has 1 aromatic carbocycles. The lowest BCUT2D eigenvalue weighted by atomic mass is 10.0. The Morgan fingerprint density at radius 1 is 1.16 bits per heavy atom. The molecule has 0 unspecified atom stereocenters. The van der Waals surface area contributed by atoms with E-state index in [1.165, 1.54) is 5.56 Å². The zero-order chi connectivity index (χ0) is 17.4. The number of urea groups is 1. The minimum absolute atomic E-state index is 0.00352. The van der Waals surface area contributed by atoms with E-state index in [-0.39, 0.29) is 18.5 Å². The molecule has 25 heavy (non-hydrogen) atoms. The Bertz CT molecular complexity index is 826. The molecule has 0 aliphatic carbocycles. The van der Waals surface area contributed by atoms with Crippen LogP contribution in [0, 0.1) is 0 Å². The molecule has 0 saturated carbocycles. The zero-order valence-corrected chi connectivity index (χ0v) is 14.7. The first kappa shape index (κ1) is 16.3. The van der Waals surface area contributed by atoms with Gasteiger partial charge in [0.25, 0.3) is 0 Å². The number of nitrogens with one attached hydrogen (secondary N) is 2. The highest BCUT2D eigenvalue weighted by Crippen LogP contribution is 2.29. The smallest absolute Gasteiger partial charge is 0.318 e. The third kappa shape index (κ3) is 3.18. The summed E-state index contributed by atoms with van der Waals surface area (Å²) in [5.41, 5.74) is 3.32. The molecule has 0 bridgehead atoms. The van der Waals surface area contributed by atoms with Crippen molar-refractivity contribution < 1.29 is 9.59 Å². The SMILES string of the molecule is O=C(CNC(=O)N1CCc2c([nH]c3ccc(Cl)cc23)C1)N1CCCC1. The van der Waals surface area contributed by atoms with Crippen molar-refractivity contribution in [2.45, 2.75) is 25.8 Å². The number of hydrogen-bond acceptors (Lipinski definition) is 2. The van der Waals surface area contributed by atoms with Crippen molar-refractivity contribution in [1.29, 1.82) is 0 Å². The molecule has 2 aromatic rings. The summed E-state index contributed by atoms with van der Waals surface area (Å²) in [7, 11) is 0.